The van der Waals surface area contributed by atoms with Gasteiger partial charge in [0.15, 0.2) is 0 Å². The molecule has 2 N–H and O–H groups in total. The van der Waals surface area contributed by atoms with Gasteiger partial charge in [-0.25, -0.2) is 4.39 Å². The quantitative estimate of drug-likeness (QED) is 0.743. The van der Waals surface area contributed by atoms with E-state index >= 15 is 0 Å². The van der Waals surface area contributed by atoms with Crippen molar-refractivity contribution >= 4 is 0 Å². The van der Waals surface area contributed by atoms with Crippen LogP contribution in [0.25, 0.3) is 0 Å². The van der Waals surface area contributed by atoms with Gasteiger partial charge in [0.25, 0.3) is 0 Å². The molecule has 3 heteroatoms. The average molecular weight is 265 g/mol. The fourth-order valence-corrected chi connectivity index (χ4v) is 2.91. The SMILES string of the molecule is OC(CNCCc1cccc(F)c1)CC1CCCC1. The number of hydrogen-bond acceptors (Lipinski definition) is 2. The highest BCUT2D eigenvalue weighted by atomic mass is 19.1. The third-order valence-corrected chi connectivity index (χ3v) is 3.94. The monoisotopic (exact) mass is 265 g/mol. The molecule has 2 nitrogen and oxygen atoms in total. The van der Waals surface area contributed by atoms with Gasteiger partial charge in [-0.1, -0.05) is 37.8 Å². The van der Waals surface area contributed by atoms with Crippen molar-refractivity contribution in [2.24, 2.45) is 5.92 Å². The summed E-state index contributed by atoms with van der Waals surface area (Å²) in [6.45, 7) is 1.43. The zero-order valence-corrected chi connectivity index (χ0v) is 11.4. The Morgan fingerprint density at radius 2 is 2.11 bits per heavy atom. The van der Waals surface area contributed by atoms with Crippen LogP contribution in [0.15, 0.2) is 24.3 Å². The van der Waals surface area contributed by atoms with Gasteiger partial charge in [0.05, 0.1) is 6.10 Å². The van der Waals surface area contributed by atoms with Crippen LogP contribution in [0.4, 0.5) is 4.39 Å². The first kappa shape index (κ1) is 14.5. The number of aliphatic hydroxyl groups excluding tert-OH is 1. The number of nitrogens with one attached hydrogen (secondary N) is 1. The molecule has 1 saturated carbocycles. The molecule has 1 atom stereocenters. The second-order valence-electron chi connectivity index (χ2n) is 5.62. The highest BCUT2D eigenvalue weighted by Gasteiger charge is 2.18. The Hall–Kier alpha value is -0.930. The van der Waals surface area contributed by atoms with Crippen LogP contribution in [0, 0.1) is 11.7 Å². The number of halogens is 1. The summed E-state index contributed by atoms with van der Waals surface area (Å²) in [6, 6.07) is 6.69. The van der Waals surface area contributed by atoms with Crippen molar-refractivity contribution < 1.29 is 9.50 Å². The van der Waals surface area contributed by atoms with Gasteiger partial charge >= 0.3 is 0 Å². The smallest absolute Gasteiger partial charge is 0.123 e. The minimum absolute atomic E-state index is 0.182. The molecule has 1 aromatic rings. The Morgan fingerprint density at radius 1 is 1.32 bits per heavy atom. The van der Waals surface area contributed by atoms with Crippen molar-refractivity contribution in [2.45, 2.75) is 44.6 Å². The van der Waals surface area contributed by atoms with Crippen LogP contribution in [-0.4, -0.2) is 24.3 Å². The van der Waals surface area contributed by atoms with Gasteiger partial charge in [-0.2, -0.15) is 0 Å². The summed E-state index contributed by atoms with van der Waals surface area (Å²) >= 11 is 0. The van der Waals surface area contributed by atoms with E-state index in [4.69, 9.17) is 0 Å². The lowest BCUT2D eigenvalue weighted by molar-refractivity contribution is 0.141. The second kappa shape index (κ2) is 7.61. The molecule has 0 radical (unpaired) electrons. The van der Waals surface area contributed by atoms with Gasteiger partial charge in [-0.05, 0) is 43.0 Å². The molecule has 1 aliphatic carbocycles. The summed E-state index contributed by atoms with van der Waals surface area (Å²) < 4.78 is 13.0. The molecule has 106 valence electrons. The molecule has 0 aliphatic heterocycles. The standard InChI is InChI=1S/C16H24FNO/c17-15-7-3-6-14(10-15)8-9-18-12-16(19)11-13-4-1-2-5-13/h3,6-7,10,13,16,18-19H,1-2,4-5,8-9,11-12H2. The third kappa shape index (κ3) is 5.29. The highest BCUT2D eigenvalue weighted by molar-refractivity contribution is 5.16. The van der Waals surface area contributed by atoms with Crippen LogP contribution >= 0.6 is 0 Å². The summed E-state index contributed by atoms with van der Waals surface area (Å²) in [4.78, 5) is 0. The predicted octanol–water partition coefficient (Wildman–Crippen LogP) is 2.90. The Balaban J connectivity index is 1.58. The van der Waals surface area contributed by atoms with Crippen molar-refractivity contribution in [3.8, 4) is 0 Å². The topological polar surface area (TPSA) is 32.3 Å². The normalized spacial score (nSPS) is 17.8. The van der Waals surface area contributed by atoms with Crippen molar-refractivity contribution in [2.75, 3.05) is 13.1 Å². The fourth-order valence-electron chi connectivity index (χ4n) is 2.91. The fraction of sp³-hybridized carbons (Fsp3) is 0.625. The molecule has 19 heavy (non-hydrogen) atoms. The molecule has 1 unspecified atom stereocenters. The van der Waals surface area contributed by atoms with E-state index in [1.807, 2.05) is 6.07 Å². The second-order valence-corrected chi connectivity index (χ2v) is 5.62. The van der Waals surface area contributed by atoms with E-state index in [1.165, 1.54) is 31.7 Å². The molecule has 1 fully saturated rings. The Kier molecular flexibility index (Phi) is 5.80. The van der Waals surface area contributed by atoms with E-state index in [2.05, 4.69) is 5.32 Å². The third-order valence-electron chi connectivity index (χ3n) is 3.94. The molecular weight excluding hydrogens is 241 g/mol. The van der Waals surface area contributed by atoms with Crippen LogP contribution in [0.2, 0.25) is 0 Å². The Morgan fingerprint density at radius 3 is 2.84 bits per heavy atom. The summed E-state index contributed by atoms with van der Waals surface area (Å²) in [5.41, 5.74) is 0.998. The number of rotatable bonds is 7. The van der Waals surface area contributed by atoms with Crippen molar-refractivity contribution in [3.05, 3.63) is 35.6 Å². The first-order valence-corrected chi connectivity index (χ1v) is 7.37. The maximum absolute atomic E-state index is 13.0. The molecule has 0 amide bonds. The minimum Gasteiger partial charge on any atom is -0.392 e. The van der Waals surface area contributed by atoms with E-state index < -0.39 is 0 Å². The molecule has 1 aliphatic rings. The number of hydrogen-bond donors (Lipinski definition) is 2. The van der Waals surface area contributed by atoms with Gasteiger partial charge in [0.1, 0.15) is 5.82 Å². The van der Waals surface area contributed by atoms with Crippen molar-refractivity contribution in [3.63, 3.8) is 0 Å². The van der Waals surface area contributed by atoms with Gasteiger partial charge in [0.2, 0.25) is 0 Å². The van der Waals surface area contributed by atoms with Crippen LogP contribution < -0.4 is 5.32 Å². The summed E-state index contributed by atoms with van der Waals surface area (Å²) in [7, 11) is 0. The van der Waals surface area contributed by atoms with Crippen molar-refractivity contribution in [1.82, 2.24) is 5.32 Å². The number of benzene rings is 1. The molecule has 0 spiro atoms. The zero-order valence-electron chi connectivity index (χ0n) is 11.4. The lowest BCUT2D eigenvalue weighted by Gasteiger charge is -2.15. The molecule has 0 saturated heterocycles. The molecule has 0 aromatic heterocycles. The molecule has 1 aromatic carbocycles. The maximum Gasteiger partial charge on any atom is 0.123 e. The molecule has 0 bridgehead atoms. The molecule has 2 rings (SSSR count). The Bertz CT molecular complexity index is 377. The highest BCUT2D eigenvalue weighted by Crippen LogP contribution is 2.28. The maximum atomic E-state index is 13.0. The first-order valence-electron chi connectivity index (χ1n) is 7.37. The lowest BCUT2D eigenvalue weighted by Crippen LogP contribution is -2.29. The summed E-state index contributed by atoms with van der Waals surface area (Å²) in [5.74, 6) is 0.541. The van der Waals surface area contributed by atoms with Gasteiger partial charge in [-0.3, -0.25) is 0 Å². The van der Waals surface area contributed by atoms with Crippen molar-refractivity contribution in [1.29, 1.82) is 0 Å². The van der Waals surface area contributed by atoms with E-state index in [-0.39, 0.29) is 11.9 Å². The summed E-state index contributed by atoms with van der Waals surface area (Å²) in [6.07, 6.45) is 6.69. The van der Waals surface area contributed by atoms with E-state index in [1.54, 1.807) is 12.1 Å². The minimum atomic E-state index is -0.240. The van der Waals surface area contributed by atoms with Gasteiger partial charge < -0.3 is 10.4 Å². The predicted molar refractivity (Wildman–Crippen MR) is 75.6 cm³/mol. The largest absolute Gasteiger partial charge is 0.392 e. The van der Waals surface area contributed by atoms with Crippen LogP contribution in [0.5, 0.6) is 0 Å². The first-order chi connectivity index (χ1) is 9.24. The summed E-state index contributed by atoms with van der Waals surface area (Å²) in [5, 5.41) is 13.2. The van der Waals surface area contributed by atoms with E-state index in [0.29, 0.717) is 6.54 Å². The van der Waals surface area contributed by atoms with Crippen LogP contribution in [0.1, 0.15) is 37.7 Å². The Labute approximate surface area is 115 Å². The van der Waals surface area contributed by atoms with Crippen LogP contribution in [0.3, 0.4) is 0 Å². The van der Waals surface area contributed by atoms with E-state index in [9.17, 15) is 9.50 Å². The molecule has 0 heterocycles. The number of aliphatic hydroxyl groups is 1. The van der Waals surface area contributed by atoms with E-state index in [0.717, 1.165) is 30.9 Å². The average Bonchev–Trinajstić information content (AvgIpc) is 2.87. The van der Waals surface area contributed by atoms with Gasteiger partial charge in [-0.15, -0.1) is 0 Å². The molecular formula is C16H24FNO. The zero-order chi connectivity index (χ0) is 13.5. The lowest BCUT2D eigenvalue weighted by atomic mass is 10.00. The van der Waals surface area contributed by atoms with Crippen LogP contribution in [-0.2, 0) is 6.42 Å². The van der Waals surface area contributed by atoms with Gasteiger partial charge in [0, 0.05) is 6.54 Å².